The molecule has 1 N–H and O–H groups in total. The van der Waals surface area contributed by atoms with Crippen molar-refractivity contribution in [1.82, 2.24) is 10.5 Å². The minimum Gasteiger partial charge on any atom is -0.493 e. The zero-order valence-electron chi connectivity index (χ0n) is 10.4. The molecule has 5 nitrogen and oxygen atoms in total. The molecule has 0 atom stereocenters. The molecule has 0 radical (unpaired) electrons. The Morgan fingerprint density at radius 3 is 3.00 bits per heavy atom. The lowest BCUT2D eigenvalue weighted by atomic mass is 10.2. The predicted octanol–water partition coefficient (Wildman–Crippen LogP) is 2.66. The maximum atomic E-state index is 11.7. The second kappa shape index (κ2) is 6.24. The zero-order chi connectivity index (χ0) is 13.7. The SMILES string of the molecule is CCOc1cc(Cl)ccc1CNC(=O)c1ccon1. The number of aromatic nitrogens is 1. The third-order valence-electron chi connectivity index (χ3n) is 2.44. The van der Waals surface area contributed by atoms with E-state index in [0.29, 0.717) is 23.9 Å². The Labute approximate surface area is 115 Å². The van der Waals surface area contributed by atoms with E-state index in [1.54, 1.807) is 12.1 Å². The Bertz CT molecular complexity index is 555. The molecule has 6 heteroatoms. The minimum atomic E-state index is -0.300. The van der Waals surface area contributed by atoms with E-state index in [1.807, 2.05) is 13.0 Å². The molecule has 1 amide bonds. The van der Waals surface area contributed by atoms with Crippen molar-refractivity contribution in [3.05, 3.63) is 46.8 Å². The molecule has 100 valence electrons. The van der Waals surface area contributed by atoms with Gasteiger partial charge in [-0.05, 0) is 19.1 Å². The van der Waals surface area contributed by atoms with Crippen molar-refractivity contribution in [3.8, 4) is 5.75 Å². The summed E-state index contributed by atoms with van der Waals surface area (Å²) in [5.74, 6) is 0.363. The van der Waals surface area contributed by atoms with E-state index in [2.05, 4.69) is 15.0 Å². The van der Waals surface area contributed by atoms with Gasteiger partial charge in [-0.3, -0.25) is 4.79 Å². The molecule has 2 aromatic rings. The number of benzene rings is 1. The third kappa shape index (κ3) is 3.48. The number of carbonyl (C=O) groups excluding carboxylic acids is 1. The van der Waals surface area contributed by atoms with Crippen LogP contribution in [0.1, 0.15) is 23.0 Å². The van der Waals surface area contributed by atoms with E-state index >= 15 is 0 Å². The van der Waals surface area contributed by atoms with Gasteiger partial charge in [-0.25, -0.2) is 0 Å². The summed E-state index contributed by atoms with van der Waals surface area (Å²) < 4.78 is 10.1. The highest BCUT2D eigenvalue weighted by atomic mass is 35.5. The molecule has 0 saturated heterocycles. The Morgan fingerprint density at radius 1 is 1.47 bits per heavy atom. The first-order valence-electron chi connectivity index (χ1n) is 5.80. The highest BCUT2D eigenvalue weighted by Gasteiger charge is 2.10. The van der Waals surface area contributed by atoms with Gasteiger partial charge in [-0.2, -0.15) is 0 Å². The van der Waals surface area contributed by atoms with Gasteiger partial charge in [-0.15, -0.1) is 0 Å². The maximum Gasteiger partial charge on any atom is 0.273 e. The molecule has 0 spiro atoms. The van der Waals surface area contributed by atoms with Crippen molar-refractivity contribution in [2.45, 2.75) is 13.5 Å². The molecule has 0 fully saturated rings. The molecule has 1 aromatic carbocycles. The van der Waals surface area contributed by atoms with Crippen LogP contribution in [0.5, 0.6) is 5.75 Å². The third-order valence-corrected chi connectivity index (χ3v) is 2.67. The van der Waals surface area contributed by atoms with Crippen molar-refractivity contribution in [3.63, 3.8) is 0 Å². The first-order valence-corrected chi connectivity index (χ1v) is 6.18. The average molecular weight is 281 g/mol. The van der Waals surface area contributed by atoms with Gasteiger partial charge in [0.05, 0.1) is 6.61 Å². The monoisotopic (exact) mass is 280 g/mol. The van der Waals surface area contributed by atoms with Crippen molar-refractivity contribution in [1.29, 1.82) is 0 Å². The standard InChI is InChI=1S/C13H13ClN2O3/c1-2-18-12-7-10(14)4-3-9(12)8-15-13(17)11-5-6-19-16-11/h3-7H,2,8H2,1H3,(H,15,17). The summed E-state index contributed by atoms with van der Waals surface area (Å²) in [6.07, 6.45) is 1.35. The molecular formula is C13H13ClN2O3. The van der Waals surface area contributed by atoms with E-state index in [0.717, 1.165) is 5.56 Å². The van der Waals surface area contributed by atoms with Crippen LogP contribution in [-0.2, 0) is 6.54 Å². The maximum absolute atomic E-state index is 11.7. The van der Waals surface area contributed by atoms with Gasteiger partial charge < -0.3 is 14.6 Å². The van der Waals surface area contributed by atoms with E-state index in [-0.39, 0.29) is 11.6 Å². The fraction of sp³-hybridized carbons (Fsp3) is 0.231. The van der Waals surface area contributed by atoms with E-state index in [1.165, 1.54) is 12.3 Å². The first kappa shape index (κ1) is 13.4. The number of ether oxygens (including phenoxy) is 1. The molecule has 0 saturated carbocycles. The van der Waals surface area contributed by atoms with Crippen LogP contribution >= 0.6 is 11.6 Å². The largest absolute Gasteiger partial charge is 0.493 e. The summed E-state index contributed by atoms with van der Waals surface area (Å²) in [6, 6.07) is 6.79. The van der Waals surface area contributed by atoms with Crippen LogP contribution in [0.15, 0.2) is 35.1 Å². The highest BCUT2D eigenvalue weighted by molar-refractivity contribution is 6.30. The highest BCUT2D eigenvalue weighted by Crippen LogP contribution is 2.23. The number of nitrogens with zero attached hydrogens (tertiary/aromatic N) is 1. The number of amides is 1. The van der Waals surface area contributed by atoms with Gasteiger partial charge in [0.25, 0.3) is 5.91 Å². The summed E-state index contributed by atoms with van der Waals surface area (Å²) in [7, 11) is 0. The molecule has 0 aliphatic carbocycles. The van der Waals surface area contributed by atoms with Crippen LogP contribution in [0.25, 0.3) is 0 Å². The van der Waals surface area contributed by atoms with E-state index in [9.17, 15) is 4.79 Å². The van der Waals surface area contributed by atoms with Crippen LogP contribution < -0.4 is 10.1 Å². The van der Waals surface area contributed by atoms with Crippen molar-refractivity contribution in [2.75, 3.05) is 6.61 Å². The topological polar surface area (TPSA) is 64.4 Å². The normalized spacial score (nSPS) is 10.2. The Morgan fingerprint density at radius 2 is 2.32 bits per heavy atom. The summed E-state index contributed by atoms with van der Waals surface area (Å²) >= 11 is 5.91. The number of halogens is 1. The van der Waals surface area contributed by atoms with E-state index in [4.69, 9.17) is 16.3 Å². The summed E-state index contributed by atoms with van der Waals surface area (Å²) in [5, 5.41) is 6.89. The fourth-order valence-electron chi connectivity index (χ4n) is 1.56. The average Bonchev–Trinajstić information content (AvgIpc) is 2.92. The molecule has 0 aliphatic heterocycles. The van der Waals surface area contributed by atoms with Crippen LogP contribution in [0.4, 0.5) is 0 Å². The second-order valence-corrected chi connectivity index (χ2v) is 4.19. The van der Waals surface area contributed by atoms with E-state index < -0.39 is 0 Å². The van der Waals surface area contributed by atoms with Crippen LogP contribution in [-0.4, -0.2) is 17.7 Å². The minimum absolute atomic E-state index is 0.243. The van der Waals surface area contributed by atoms with Crippen LogP contribution in [0.3, 0.4) is 0 Å². The predicted molar refractivity (Wildman–Crippen MR) is 70.3 cm³/mol. The summed E-state index contributed by atoms with van der Waals surface area (Å²) in [6.45, 7) is 2.75. The number of nitrogens with one attached hydrogen (secondary N) is 1. The Balaban J connectivity index is 2.05. The lowest BCUT2D eigenvalue weighted by Crippen LogP contribution is -2.23. The van der Waals surface area contributed by atoms with Gasteiger partial charge in [-0.1, -0.05) is 22.8 Å². The first-order chi connectivity index (χ1) is 9.20. The van der Waals surface area contributed by atoms with Gasteiger partial charge >= 0.3 is 0 Å². The van der Waals surface area contributed by atoms with Crippen molar-refractivity contribution < 1.29 is 14.1 Å². The number of carbonyl (C=O) groups is 1. The summed E-state index contributed by atoms with van der Waals surface area (Å²) in [4.78, 5) is 11.7. The van der Waals surface area contributed by atoms with Crippen LogP contribution in [0, 0.1) is 0 Å². The lowest BCUT2D eigenvalue weighted by Gasteiger charge is -2.11. The molecule has 0 unspecified atom stereocenters. The molecule has 0 bridgehead atoms. The Kier molecular flexibility index (Phi) is 4.41. The second-order valence-electron chi connectivity index (χ2n) is 3.75. The molecule has 1 aromatic heterocycles. The lowest BCUT2D eigenvalue weighted by molar-refractivity contribution is 0.0941. The van der Waals surface area contributed by atoms with Crippen molar-refractivity contribution in [2.24, 2.45) is 0 Å². The number of hydrogen-bond donors (Lipinski definition) is 1. The smallest absolute Gasteiger partial charge is 0.273 e. The van der Waals surface area contributed by atoms with Gasteiger partial charge in [0.2, 0.25) is 0 Å². The Hall–Kier alpha value is -2.01. The zero-order valence-corrected chi connectivity index (χ0v) is 11.1. The fourth-order valence-corrected chi connectivity index (χ4v) is 1.72. The van der Waals surface area contributed by atoms with Crippen molar-refractivity contribution >= 4 is 17.5 Å². The molecular weight excluding hydrogens is 268 g/mol. The van der Waals surface area contributed by atoms with Gasteiger partial charge in [0.15, 0.2) is 5.69 Å². The van der Waals surface area contributed by atoms with Gasteiger partial charge in [0.1, 0.15) is 12.0 Å². The van der Waals surface area contributed by atoms with Gasteiger partial charge in [0, 0.05) is 23.2 Å². The molecule has 19 heavy (non-hydrogen) atoms. The van der Waals surface area contributed by atoms with Crippen LogP contribution in [0.2, 0.25) is 5.02 Å². The summed E-state index contributed by atoms with van der Waals surface area (Å²) in [5.41, 5.74) is 1.09. The molecule has 0 aliphatic rings. The number of rotatable bonds is 5. The molecule has 1 heterocycles. The number of hydrogen-bond acceptors (Lipinski definition) is 4. The molecule has 2 rings (SSSR count). The quantitative estimate of drug-likeness (QED) is 0.914.